The van der Waals surface area contributed by atoms with Crippen LogP contribution in [0.15, 0.2) is 18.2 Å². The maximum Gasteiger partial charge on any atom is 0.0411 e. The van der Waals surface area contributed by atoms with Crippen molar-refractivity contribution in [2.24, 2.45) is 0 Å². The summed E-state index contributed by atoms with van der Waals surface area (Å²) in [5, 5.41) is 0. The number of benzene rings is 1. The van der Waals surface area contributed by atoms with Crippen molar-refractivity contribution in [1.29, 1.82) is 0 Å². The molecule has 1 aliphatic rings. The van der Waals surface area contributed by atoms with Crippen LogP contribution >= 0.6 is 0 Å². The average molecular weight is 174 g/mol. The van der Waals surface area contributed by atoms with E-state index >= 15 is 0 Å². The van der Waals surface area contributed by atoms with Crippen molar-refractivity contribution >= 4 is 5.69 Å². The van der Waals surface area contributed by atoms with Crippen molar-refractivity contribution in [3.63, 3.8) is 0 Å². The van der Waals surface area contributed by atoms with Gasteiger partial charge in [0, 0.05) is 24.2 Å². The second-order valence-electron chi connectivity index (χ2n) is 4.34. The molecule has 1 aromatic rings. The summed E-state index contributed by atoms with van der Waals surface area (Å²) in [6.45, 7) is 9.05. The van der Waals surface area contributed by atoms with Gasteiger partial charge in [0.2, 0.25) is 0 Å². The zero-order valence-corrected chi connectivity index (χ0v) is 8.59. The Morgan fingerprint density at radius 3 is 3.00 bits per heavy atom. The number of rotatable bonds is 1. The van der Waals surface area contributed by atoms with Gasteiger partial charge in [0.25, 0.3) is 0 Å². The van der Waals surface area contributed by atoms with Gasteiger partial charge in [-0.2, -0.15) is 0 Å². The number of nitrogens with zero attached hydrogens (tertiary/aromatic N) is 1. The molecule has 1 radical (unpaired) electrons. The van der Waals surface area contributed by atoms with Gasteiger partial charge < -0.3 is 4.90 Å². The fraction of sp³-hybridized carbons (Fsp3) is 0.500. The van der Waals surface area contributed by atoms with E-state index in [0.717, 1.165) is 13.1 Å². The molecule has 13 heavy (non-hydrogen) atoms. The number of hydrogen-bond donors (Lipinski definition) is 0. The monoisotopic (exact) mass is 174 g/mol. The van der Waals surface area contributed by atoms with E-state index in [-0.39, 0.29) is 0 Å². The number of anilines is 1. The Hall–Kier alpha value is -0.980. The molecule has 0 saturated heterocycles. The van der Waals surface area contributed by atoms with Crippen molar-refractivity contribution in [2.75, 3.05) is 18.0 Å². The van der Waals surface area contributed by atoms with E-state index in [1.165, 1.54) is 11.3 Å². The van der Waals surface area contributed by atoms with Gasteiger partial charge in [0.15, 0.2) is 0 Å². The molecule has 69 valence electrons. The Bertz CT molecular complexity index is 315. The fourth-order valence-corrected chi connectivity index (χ4v) is 2.19. The molecular formula is C12H16N. The standard InChI is InChI=1S/C12H16N/c1-4-13-9-12(2,3)10-7-5-6-8-11(10)13/h5,7-8H,4,9H2,1-3H3. The molecule has 0 bridgehead atoms. The van der Waals surface area contributed by atoms with Crippen LogP contribution in [0.3, 0.4) is 0 Å². The van der Waals surface area contributed by atoms with Crippen molar-refractivity contribution < 1.29 is 0 Å². The van der Waals surface area contributed by atoms with Gasteiger partial charge in [-0.25, -0.2) is 0 Å². The van der Waals surface area contributed by atoms with Crippen LogP contribution in [-0.2, 0) is 5.41 Å². The molecule has 0 aromatic heterocycles. The largest absolute Gasteiger partial charge is 0.371 e. The Morgan fingerprint density at radius 2 is 2.31 bits per heavy atom. The summed E-state index contributed by atoms with van der Waals surface area (Å²) >= 11 is 0. The Kier molecular flexibility index (Phi) is 1.83. The first kappa shape index (κ1) is 8.61. The highest BCUT2D eigenvalue weighted by Gasteiger charge is 2.33. The lowest BCUT2D eigenvalue weighted by molar-refractivity contribution is 0.554. The smallest absolute Gasteiger partial charge is 0.0411 e. The first-order valence-corrected chi connectivity index (χ1v) is 4.90. The molecule has 1 heterocycles. The minimum Gasteiger partial charge on any atom is -0.371 e. The first-order valence-electron chi connectivity index (χ1n) is 4.90. The number of hydrogen-bond acceptors (Lipinski definition) is 1. The highest BCUT2D eigenvalue weighted by atomic mass is 15.2. The van der Waals surface area contributed by atoms with Gasteiger partial charge in [0.05, 0.1) is 0 Å². The highest BCUT2D eigenvalue weighted by molar-refractivity contribution is 5.61. The number of likely N-dealkylation sites (N-methyl/N-ethyl adjacent to an activating group) is 1. The topological polar surface area (TPSA) is 3.24 Å². The molecule has 0 saturated carbocycles. The van der Waals surface area contributed by atoms with Crippen molar-refractivity contribution in [2.45, 2.75) is 26.2 Å². The van der Waals surface area contributed by atoms with Gasteiger partial charge in [-0.1, -0.05) is 26.0 Å². The van der Waals surface area contributed by atoms with Crippen LogP contribution in [-0.4, -0.2) is 13.1 Å². The zero-order valence-electron chi connectivity index (χ0n) is 8.59. The Balaban J connectivity index is 2.51. The maximum atomic E-state index is 3.15. The van der Waals surface area contributed by atoms with E-state index in [1.54, 1.807) is 0 Å². The van der Waals surface area contributed by atoms with Gasteiger partial charge >= 0.3 is 0 Å². The van der Waals surface area contributed by atoms with E-state index in [2.05, 4.69) is 43.9 Å². The Morgan fingerprint density at radius 1 is 1.54 bits per heavy atom. The molecule has 2 rings (SSSR count). The van der Waals surface area contributed by atoms with Crippen LogP contribution in [0.1, 0.15) is 26.3 Å². The van der Waals surface area contributed by atoms with Crippen LogP contribution in [0.4, 0.5) is 5.69 Å². The van der Waals surface area contributed by atoms with E-state index in [1.807, 2.05) is 6.07 Å². The first-order chi connectivity index (χ1) is 6.15. The summed E-state index contributed by atoms with van der Waals surface area (Å²) in [5.41, 5.74) is 3.14. The van der Waals surface area contributed by atoms with Gasteiger partial charge in [-0.05, 0) is 24.6 Å². The summed E-state index contributed by atoms with van der Waals surface area (Å²) in [5.74, 6) is 0. The molecule has 1 nitrogen and oxygen atoms in total. The van der Waals surface area contributed by atoms with Gasteiger partial charge in [-0.3, -0.25) is 0 Å². The third-order valence-corrected chi connectivity index (χ3v) is 2.88. The molecule has 0 aliphatic carbocycles. The van der Waals surface area contributed by atoms with Crippen LogP contribution in [0.25, 0.3) is 0 Å². The van der Waals surface area contributed by atoms with Crippen molar-refractivity contribution in [3.8, 4) is 0 Å². The summed E-state index contributed by atoms with van der Waals surface area (Å²) in [6.07, 6.45) is 0. The molecule has 1 aromatic carbocycles. The van der Waals surface area contributed by atoms with Crippen LogP contribution < -0.4 is 4.90 Å². The number of fused-ring (bicyclic) bond motifs is 1. The summed E-state index contributed by atoms with van der Waals surface area (Å²) in [6, 6.07) is 9.47. The third-order valence-electron chi connectivity index (χ3n) is 2.88. The molecule has 1 aliphatic heterocycles. The second-order valence-corrected chi connectivity index (χ2v) is 4.34. The predicted octanol–water partition coefficient (Wildman–Crippen LogP) is 2.60. The predicted molar refractivity (Wildman–Crippen MR) is 56.2 cm³/mol. The lowest BCUT2D eigenvalue weighted by Crippen LogP contribution is -2.28. The molecule has 0 amide bonds. The van der Waals surface area contributed by atoms with E-state index in [9.17, 15) is 0 Å². The molecular weight excluding hydrogens is 158 g/mol. The average Bonchev–Trinajstić information content (AvgIpc) is 2.39. The summed E-state index contributed by atoms with van der Waals surface area (Å²) in [4.78, 5) is 2.42. The molecule has 0 fully saturated rings. The molecule has 0 spiro atoms. The zero-order chi connectivity index (χ0) is 9.47. The van der Waals surface area contributed by atoms with Crippen molar-refractivity contribution in [1.82, 2.24) is 0 Å². The lowest BCUT2D eigenvalue weighted by Gasteiger charge is -2.20. The van der Waals surface area contributed by atoms with E-state index in [0.29, 0.717) is 5.41 Å². The van der Waals surface area contributed by atoms with Gasteiger partial charge in [0.1, 0.15) is 0 Å². The Labute approximate surface area is 80.4 Å². The SMILES string of the molecule is CCN1CC(C)(C)c2cc[c]cc21. The summed E-state index contributed by atoms with van der Waals surface area (Å²) in [7, 11) is 0. The molecule has 1 heteroatoms. The van der Waals surface area contributed by atoms with E-state index in [4.69, 9.17) is 0 Å². The van der Waals surface area contributed by atoms with E-state index < -0.39 is 0 Å². The van der Waals surface area contributed by atoms with Crippen LogP contribution in [0, 0.1) is 6.07 Å². The third kappa shape index (κ3) is 1.23. The molecule has 0 unspecified atom stereocenters. The fourth-order valence-electron chi connectivity index (χ4n) is 2.19. The van der Waals surface area contributed by atoms with Gasteiger partial charge in [-0.15, -0.1) is 0 Å². The molecule has 0 atom stereocenters. The van der Waals surface area contributed by atoms with Crippen LogP contribution in [0.5, 0.6) is 0 Å². The normalized spacial score (nSPS) is 18.8. The minimum atomic E-state index is 0.306. The van der Waals surface area contributed by atoms with Crippen molar-refractivity contribution in [3.05, 3.63) is 29.8 Å². The quantitative estimate of drug-likeness (QED) is 0.632. The lowest BCUT2D eigenvalue weighted by atomic mass is 9.87. The minimum absolute atomic E-state index is 0.306. The molecule has 0 N–H and O–H groups in total. The second kappa shape index (κ2) is 2.76. The summed E-state index contributed by atoms with van der Waals surface area (Å²) < 4.78 is 0. The highest BCUT2D eigenvalue weighted by Crippen LogP contribution is 2.39. The maximum absolute atomic E-state index is 3.15. The van der Waals surface area contributed by atoms with Crippen LogP contribution in [0.2, 0.25) is 0 Å².